The summed E-state index contributed by atoms with van der Waals surface area (Å²) in [5, 5.41) is 0. The van der Waals surface area contributed by atoms with Crippen molar-refractivity contribution in [2.24, 2.45) is 0 Å². The van der Waals surface area contributed by atoms with Crippen LogP contribution in [0.25, 0.3) is 0 Å². The lowest BCUT2D eigenvalue weighted by Crippen LogP contribution is -2.05. The second kappa shape index (κ2) is 5.44. The lowest BCUT2D eigenvalue weighted by Gasteiger charge is -2.12. The van der Waals surface area contributed by atoms with Crippen molar-refractivity contribution in [3.05, 3.63) is 53.6 Å². The van der Waals surface area contributed by atoms with Crippen LogP contribution in [0.1, 0.15) is 15.9 Å². The number of rotatable bonds is 3. The van der Waals surface area contributed by atoms with E-state index in [1.165, 1.54) is 7.11 Å². The molecule has 0 radical (unpaired) electrons. The third kappa shape index (κ3) is 2.85. The zero-order valence-corrected chi connectivity index (χ0v) is 10.8. The first-order chi connectivity index (χ1) is 9.11. The average molecular weight is 257 g/mol. The van der Waals surface area contributed by atoms with Crippen LogP contribution in [0.4, 0.5) is 5.69 Å². The summed E-state index contributed by atoms with van der Waals surface area (Å²) in [7, 11) is 1.32. The van der Waals surface area contributed by atoms with Crippen molar-refractivity contribution in [1.82, 2.24) is 0 Å². The molecule has 98 valence electrons. The number of hydrogen-bond acceptors (Lipinski definition) is 4. The fourth-order valence-electron chi connectivity index (χ4n) is 1.70. The standard InChI is InChI=1S/C15H15NO3/c1-10-5-3-4-6-13(10)19-14-8-7-11(16)9-12(14)15(17)18-2/h3-9H,16H2,1-2H3. The van der Waals surface area contributed by atoms with E-state index in [0.717, 1.165) is 5.56 Å². The summed E-state index contributed by atoms with van der Waals surface area (Å²) in [6.07, 6.45) is 0. The highest BCUT2D eigenvalue weighted by molar-refractivity contribution is 5.93. The molecule has 0 unspecified atom stereocenters. The van der Waals surface area contributed by atoms with Gasteiger partial charge < -0.3 is 15.2 Å². The van der Waals surface area contributed by atoms with E-state index < -0.39 is 5.97 Å². The number of nitrogen functional groups attached to an aromatic ring is 1. The molecule has 19 heavy (non-hydrogen) atoms. The number of ether oxygens (including phenoxy) is 2. The van der Waals surface area contributed by atoms with Gasteiger partial charge >= 0.3 is 5.97 Å². The molecule has 0 heterocycles. The Balaban J connectivity index is 2.40. The highest BCUT2D eigenvalue weighted by atomic mass is 16.5. The molecule has 0 bridgehead atoms. The molecule has 0 saturated carbocycles. The topological polar surface area (TPSA) is 61.5 Å². The van der Waals surface area contributed by atoms with Crippen LogP contribution in [0.5, 0.6) is 11.5 Å². The van der Waals surface area contributed by atoms with Crippen molar-refractivity contribution in [3.8, 4) is 11.5 Å². The van der Waals surface area contributed by atoms with Crippen molar-refractivity contribution in [2.75, 3.05) is 12.8 Å². The van der Waals surface area contributed by atoms with Crippen molar-refractivity contribution in [2.45, 2.75) is 6.92 Å². The number of carbonyl (C=O) groups is 1. The fraction of sp³-hybridized carbons (Fsp3) is 0.133. The summed E-state index contributed by atoms with van der Waals surface area (Å²) in [4.78, 5) is 11.7. The third-order valence-electron chi connectivity index (χ3n) is 2.72. The third-order valence-corrected chi connectivity index (χ3v) is 2.72. The molecule has 2 aromatic carbocycles. The summed E-state index contributed by atoms with van der Waals surface area (Å²) in [6, 6.07) is 12.5. The number of nitrogens with two attached hydrogens (primary N) is 1. The van der Waals surface area contributed by atoms with Gasteiger partial charge in [0.15, 0.2) is 0 Å². The van der Waals surface area contributed by atoms with Gasteiger partial charge in [0.2, 0.25) is 0 Å². The maximum absolute atomic E-state index is 11.7. The number of anilines is 1. The minimum absolute atomic E-state index is 0.311. The van der Waals surface area contributed by atoms with Crippen LogP contribution in [0, 0.1) is 6.92 Å². The van der Waals surface area contributed by atoms with E-state index in [1.54, 1.807) is 18.2 Å². The Labute approximate surface area is 111 Å². The molecular formula is C15H15NO3. The lowest BCUT2D eigenvalue weighted by molar-refractivity contribution is 0.0598. The van der Waals surface area contributed by atoms with Gasteiger partial charge in [-0.3, -0.25) is 0 Å². The normalized spacial score (nSPS) is 10.0. The number of para-hydroxylation sites is 1. The molecule has 0 aromatic heterocycles. The van der Waals surface area contributed by atoms with E-state index >= 15 is 0 Å². The molecular weight excluding hydrogens is 242 g/mol. The Morgan fingerprint density at radius 2 is 1.84 bits per heavy atom. The predicted octanol–water partition coefficient (Wildman–Crippen LogP) is 3.16. The highest BCUT2D eigenvalue weighted by Gasteiger charge is 2.14. The molecule has 4 heteroatoms. The first-order valence-corrected chi connectivity index (χ1v) is 5.83. The fourth-order valence-corrected chi connectivity index (χ4v) is 1.70. The summed E-state index contributed by atoms with van der Waals surface area (Å²) in [5.74, 6) is 0.642. The van der Waals surface area contributed by atoms with Gasteiger partial charge in [0.1, 0.15) is 17.1 Å². The second-order valence-electron chi connectivity index (χ2n) is 4.11. The van der Waals surface area contributed by atoms with Crippen molar-refractivity contribution >= 4 is 11.7 Å². The molecule has 0 atom stereocenters. The van der Waals surface area contributed by atoms with Gasteiger partial charge in [0.25, 0.3) is 0 Å². The van der Waals surface area contributed by atoms with E-state index in [9.17, 15) is 4.79 Å². The first kappa shape index (κ1) is 13.0. The van der Waals surface area contributed by atoms with Crippen LogP contribution >= 0.6 is 0 Å². The van der Waals surface area contributed by atoms with Gasteiger partial charge in [-0.15, -0.1) is 0 Å². The van der Waals surface area contributed by atoms with Crippen LogP contribution < -0.4 is 10.5 Å². The predicted molar refractivity (Wildman–Crippen MR) is 73.4 cm³/mol. The SMILES string of the molecule is COC(=O)c1cc(N)ccc1Oc1ccccc1C. The van der Waals surface area contributed by atoms with E-state index in [0.29, 0.717) is 22.7 Å². The summed E-state index contributed by atoms with van der Waals surface area (Å²) in [6.45, 7) is 1.93. The van der Waals surface area contributed by atoms with Crippen LogP contribution in [0.2, 0.25) is 0 Å². The largest absolute Gasteiger partial charge is 0.465 e. The van der Waals surface area contributed by atoms with Gasteiger partial charge in [-0.2, -0.15) is 0 Å². The Hall–Kier alpha value is -2.49. The minimum Gasteiger partial charge on any atom is -0.465 e. The van der Waals surface area contributed by atoms with Gasteiger partial charge in [-0.05, 0) is 36.8 Å². The molecule has 0 amide bonds. The Bertz CT molecular complexity index is 608. The molecule has 0 aliphatic carbocycles. The van der Waals surface area contributed by atoms with E-state index in [1.807, 2.05) is 31.2 Å². The Morgan fingerprint density at radius 1 is 1.11 bits per heavy atom. The number of benzene rings is 2. The monoisotopic (exact) mass is 257 g/mol. The maximum Gasteiger partial charge on any atom is 0.341 e. The summed E-state index contributed by atoms with van der Waals surface area (Å²) < 4.78 is 10.5. The molecule has 0 aliphatic heterocycles. The molecule has 0 aliphatic rings. The van der Waals surface area contributed by atoms with Gasteiger partial charge in [-0.25, -0.2) is 4.79 Å². The van der Waals surface area contributed by atoms with Crippen molar-refractivity contribution in [1.29, 1.82) is 0 Å². The number of methoxy groups -OCH3 is 1. The van der Waals surface area contributed by atoms with Crippen LogP contribution in [-0.2, 0) is 4.74 Å². The van der Waals surface area contributed by atoms with Gasteiger partial charge in [0.05, 0.1) is 7.11 Å². The van der Waals surface area contributed by atoms with Crippen molar-refractivity contribution < 1.29 is 14.3 Å². The Morgan fingerprint density at radius 3 is 2.53 bits per heavy atom. The zero-order chi connectivity index (χ0) is 13.8. The van der Waals surface area contributed by atoms with Gasteiger partial charge in [-0.1, -0.05) is 18.2 Å². The van der Waals surface area contributed by atoms with Crippen LogP contribution in [-0.4, -0.2) is 13.1 Å². The average Bonchev–Trinajstić information content (AvgIpc) is 2.42. The molecule has 0 spiro atoms. The summed E-state index contributed by atoms with van der Waals surface area (Å²) in [5.41, 5.74) is 7.46. The smallest absolute Gasteiger partial charge is 0.341 e. The first-order valence-electron chi connectivity index (χ1n) is 5.83. The molecule has 4 nitrogen and oxygen atoms in total. The number of aryl methyl sites for hydroxylation is 1. The van der Waals surface area contributed by atoms with E-state index in [4.69, 9.17) is 15.2 Å². The molecule has 0 saturated heterocycles. The number of hydrogen-bond donors (Lipinski definition) is 1. The van der Waals surface area contributed by atoms with Gasteiger partial charge in [0, 0.05) is 5.69 Å². The molecule has 2 rings (SSSR count). The molecule has 2 aromatic rings. The van der Waals surface area contributed by atoms with Crippen molar-refractivity contribution in [3.63, 3.8) is 0 Å². The summed E-state index contributed by atoms with van der Waals surface area (Å²) >= 11 is 0. The second-order valence-corrected chi connectivity index (χ2v) is 4.11. The molecule has 0 fully saturated rings. The van der Waals surface area contributed by atoms with Crippen LogP contribution in [0.15, 0.2) is 42.5 Å². The van der Waals surface area contributed by atoms with Crippen LogP contribution in [0.3, 0.4) is 0 Å². The van der Waals surface area contributed by atoms with E-state index in [2.05, 4.69) is 0 Å². The quantitative estimate of drug-likeness (QED) is 0.677. The number of esters is 1. The number of carbonyl (C=O) groups excluding carboxylic acids is 1. The lowest BCUT2D eigenvalue weighted by atomic mass is 10.1. The van der Waals surface area contributed by atoms with E-state index in [-0.39, 0.29) is 0 Å². The Kier molecular flexibility index (Phi) is 3.71. The minimum atomic E-state index is -0.476. The maximum atomic E-state index is 11.7. The highest BCUT2D eigenvalue weighted by Crippen LogP contribution is 2.29. The molecule has 2 N–H and O–H groups in total. The zero-order valence-electron chi connectivity index (χ0n) is 10.8.